The van der Waals surface area contributed by atoms with Crippen LogP contribution in [0, 0.1) is 26.1 Å². The molecule has 0 aliphatic carbocycles. The smallest absolute Gasteiger partial charge is 0.269 e. The van der Waals surface area contributed by atoms with E-state index in [0.29, 0.717) is 16.3 Å². The van der Waals surface area contributed by atoms with Gasteiger partial charge in [-0.1, -0.05) is 23.7 Å². The number of rotatable bonds is 5. The molecule has 0 spiro atoms. The maximum Gasteiger partial charge on any atom is 0.269 e. The Balaban J connectivity index is 1.55. The van der Waals surface area contributed by atoms with Gasteiger partial charge in [0.25, 0.3) is 17.3 Å². The fraction of sp³-hybridized carbons (Fsp3) is 0.130. The van der Waals surface area contributed by atoms with Gasteiger partial charge >= 0.3 is 0 Å². The van der Waals surface area contributed by atoms with E-state index in [1.54, 1.807) is 24.3 Å². The number of benzene rings is 3. The first kappa shape index (κ1) is 22.4. The van der Waals surface area contributed by atoms with E-state index < -0.39 is 39.7 Å². The summed E-state index contributed by atoms with van der Waals surface area (Å²) in [6.07, 6.45) is -1.16. The predicted molar refractivity (Wildman–Crippen MR) is 124 cm³/mol. The van der Waals surface area contributed by atoms with Crippen molar-refractivity contribution in [3.63, 3.8) is 0 Å². The summed E-state index contributed by atoms with van der Waals surface area (Å²) in [7, 11) is 0. The largest absolute Gasteiger partial charge is 0.273 e. The maximum atomic E-state index is 13.5. The van der Waals surface area contributed by atoms with Crippen LogP contribution in [0.1, 0.15) is 11.6 Å². The molecule has 12 heteroatoms. The van der Waals surface area contributed by atoms with E-state index in [4.69, 9.17) is 16.4 Å². The third-order valence-electron chi connectivity index (χ3n) is 5.96. The molecule has 5 rings (SSSR count). The van der Waals surface area contributed by atoms with Crippen LogP contribution in [0.15, 0.2) is 72.8 Å². The highest BCUT2D eigenvalue weighted by atomic mass is 35.5. The molecule has 2 aliphatic heterocycles. The zero-order valence-electron chi connectivity index (χ0n) is 17.7. The molecule has 0 N–H and O–H groups in total. The number of imide groups is 1. The second kappa shape index (κ2) is 8.46. The van der Waals surface area contributed by atoms with E-state index in [0.717, 1.165) is 4.90 Å². The molecule has 176 valence electrons. The van der Waals surface area contributed by atoms with Crippen LogP contribution < -0.4 is 9.96 Å². The summed E-state index contributed by atoms with van der Waals surface area (Å²) in [5.74, 6) is -2.12. The van der Waals surface area contributed by atoms with Crippen molar-refractivity contribution in [1.29, 1.82) is 0 Å². The third-order valence-corrected chi connectivity index (χ3v) is 6.21. The Morgan fingerprint density at radius 2 is 1.26 bits per heavy atom. The highest BCUT2D eigenvalue weighted by Crippen LogP contribution is 2.48. The Kier molecular flexibility index (Phi) is 5.42. The van der Waals surface area contributed by atoms with Gasteiger partial charge in [0.1, 0.15) is 5.92 Å². The highest BCUT2D eigenvalue weighted by Gasteiger charge is 2.60. The van der Waals surface area contributed by atoms with Gasteiger partial charge in [-0.2, -0.15) is 0 Å². The van der Waals surface area contributed by atoms with Crippen molar-refractivity contribution in [3.8, 4) is 0 Å². The number of non-ortho nitro benzene ring substituents is 2. The minimum Gasteiger partial charge on any atom is -0.273 e. The lowest BCUT2D eigenvalue weighted by atomic mass is 9.90. The number of nitrogens with zero attached hydrogens (tertiary/aromatic N) is 4. The fourth-order valence-electron chi connectivity index (χ4n) is 4.34. The predicted octanol–water partition coefficient (Wildman–Crippen LogP) is 4.21. The number of hydrogen-bond donors (Lipinski definition) is 0. The fourth-order valence-corrected chi connectivity index (χ4v) is 4.46. The molecule has 2 fully saturated rings. The molecule has 2 heterocycles. The lowest BCUT2D eigenvalue weighted by Gasteiger charge is -2.28. The molecule has 2 amide bonds. The third kappa shape index (κ3) is 3.76. The zero-order valence-corrected chi connectivity index (χ0v) is 18.4. The van der Waals surface area contributed by atoms with Crippen molar-refractivity contribution in [3.05, 3.63) is 104 Å². The van der Waals surface area contributed by atoms with Gasteiger partial charge in [-0.25, -0.2) is 9.96 Å². The summed E-state index contributed by atoms with van der Waals surface area (Å²) >= 11 is 6.00. The minimum atomic E-state index is -1.16. The second-order valence-electron chi connectivity index (χ2n) is 7.93. The van der Waals surface area contributed by atoms with Crippen molar-refractivity contribution in [1.82, 2.24) is 0 Å². The summed E-state index contributed by atoms with van der Waals surface area (Å²) in [4.78, 5) is 54.7. The van der Waals surface area contributed by atoms with Crippen molar-refractivity contribution >= 4 is 46.2 Å². The molecule has 3 aromatic carbocycles. The van der Waals surface area contributed by atoms with Crippen molar-refractivity contribution < 1.29 is 24.3 Å². The number of fused-ring (bicyclic) bond motifs is 1. The van der Waals surface area contributed by atoms with Gasteiger partial charge in [0.15, 0.2) is 6.10 Å². The molecule has 0 aromatic heterocycles. The van der Waals surface area contributed by atoms with Crippen LogP contribution in [0.5, 0.6) is 0 Å². The van der Waals surface area contributed by atoms with Gasteiger partial charge in [-0.3, -0.25) is 34.7 Å². The number of halogens is 1. The van der Waals surface area contributed by atoms with Crippen LogP contribution in [0.2, 0.25) is 5.02 Å². The molecule has 35 heavy (non-hydrogen) atoms. The molecule has 0 saturated carbocycles. The molecule has 3 unspecified atom stereocenters. The van der Waals surface area contributed by atoms with Crippen molar-refractivity contribution in [2.45, 2.75) is 12.1 Å². The molecule has 3 aromatic rings. The van der Waals surface area contributed by atoms with Crippen molar-refractivity contribution in [2.24, 2.45) is 5.92 Å². The average Bonchev–Trinajstić information content (AvgIpc) is 3.35. The van der Waals surface area contributed by atoms with E-state index in [9.17, 15) is 29.8 Å². The SMILES string of the molecule is O=C1C2ON(c3ccc(Cl)cc3)C(c3ccc([N+](=O)[O-])cc3)C2C(=O)N1c1ccc([N+](=O)[O-])cc1. The van der Waals surface area contributed by atoms with Gasteiger partial charge in [0.05, 0.1) is 27.3 Å². The van der Waals surface area contributed by atoms with Crippen LogP contribution in [-0.4, -0.2) is 27.8 Å². The molecule has 2 saturated heterocycles. The topological polar surface area (TPSA) is 136 Å². The van der Waals surface area contributed by atoms with Gasteiger partial charge in [-0.15, -0.1) is 0 Å². The summed E-state index contributed by atoms with van der Waals surface area (Å²) in [5, 5.41) is 24.0. The summed E-state index contributed by atoms with van der Waals surface area (Å²) < 4.78 is 0. The first-order valence-corrected chi connectivity index (χ1v) is 10.7. The molecule has 0 bridgehead atoms. The van der Waals surface area contributed by atoms with Crippen LogP contribution >= 0.6 is 11.6 Å². The molecule has 11 nitrogen and oxygen atoms in total. The lowest BCUT2D eigenvalue weighted by Crippen LogP contribution is -2.37. The standard InChI is InChI=1S/C23H15ClN4O7/c24-14-3-7-16(8-4-14)26-20(13-1-5-17(6-2-13)27(31)32)19-21(35-26)23(30)25(22(19)29)15-9-11-18(12-10-15)28(33)34/h1-12,19-21H. The van der Waals surface area contributed by atoms with Gasteiger partial charge in [-0.05, 0) is 42.0 Å². The number of nitro benzene ring substituents is 2. The first-order chi connectivity index (χ1) is 16.8. The zero-order chi connectivity index (χ0) is 24.9. The summed E-state index contributed by atoms with van der Waals surface area (Å²) in [6.45, 7) is 0. The Bertz CT molecular complexity index is 1350. The Morgan fingerprint density at radius 1 is 0.743 bits per heavy atom. The van der Waals surface area contributed by atoms with Gasteiger partial charge in [0, 0.05) is 29.3 Å². The Labute approximate surface area is 202 Å². The molecule has 0 radical (unpaired) electrons. The highest BCUT2D eigenvalue weighted by molar-refractivity contribution is 6.30. The number of amides is 2. The van der Waals surface area contributed by atoms with E-state index >= 15 is 0 Å². The normalized spacial score (nSPS) is 21.3. The molecular weight excluding hydrogens is 480 g/mol. The second-order valence-corrected chi connectivity index (χ2v) is 8.37. The van der Waals surface area contributed by atoms with Gasteiger partial charge in [0.2, 0.25) is 5.91 Å². The van der Waals surface area contributed by atoms with Crippen LogP contribution in [0.3, 0.4) is 0 Å². The maximum absolute atomic E-state index is 13.5. The Hall–Kier alpha value is -4.35. The van der Waals surface area contributed by atoms with E-state index in [1.165, 1.54) is 53.6 Å². The molecular formula is C23H15ClN4O7. The van der Waals surface area contributed by atoms with Crippen LogP contribution in [0.25, 0.3) is 0 Å². The summed E-state index contributed by atoms with van der Waals surface area (Å²) in [6, 6.07) is 16.6. The van der Waals surface area contributed by atoms with Crippen LogP contribution in [-0.2, 0) is 14.4 Å². The number of hydrogen-bond acceptors (Lipinski definition) is 8. The number of carbonyl (C=O) groups excluding carboxylic acids is 2. The lowest BCUT2D eigenvalue weighted by molar-refractivity contribution is -0.385. The molecule has 3 atom stereocenters. The van der Waals surface area contributed by atoms with Gasteiger partial charge < -0.3 is 0 Å². The van der Waals surface area contributed by atoms with E-state index in [-0.39, 0.29) is 17.1 Å². The monoisotopic (exact) mass is 494 g/mol. The first-order valence-electron chi connectivity index (χ1n) is 10.3. The summed E-state index contributed by atoms with van der Waals surface area (Å²) in [5.41, 5.74) is 0.953. The number of hydroxylamine groups is 1. The van der Waals surface area contributed by atoms with Crippen LogP contribution in [0.4, 0.5) is 22.7 Å². The van der Waals surface area contributed by atoms with Crippen molar-refractivity contribution in [2.75, 3.05) is 9.96 Å². The van der Waals surface area contributed by atoms with E-state index in [2.05, 4.69) is 0 Å². The minimum absolute atomic E-state index is 0.122. The number of nitro groups is 2. The Morgan fingerprint density at radius 3 is 1.80 bits per heavy atom. The number of carbonyl (C=O) groups is 2. The number of anilines is 2. The molecule has 2 aliphatic rings. The quantitative estimate of drug-likeness (QED) is 0.292. The average molecular weight is 495 g/mol. The van der Waals surface area contributed by atoms with E-state index in [1.807, 2.05) is 0 Å².